The minimum absolute atomic E-state index is 0.000168. The van der Waals surface area contributed by atoms with Gasteiger partial charge in [-0.3, -0.25) is 4.68 Å². The van der Waals surface area contributed by atoms with Gasteiger partial charge in [-0.15, -0.1) is 0 Å². The molecular formula is C12H12F2N2. The molecule has 0 spiro atoms. The molecule has 1 fully saturated rings. The van der Waals surface area contributed by atoms with Gasteiger partial charge in [0, 0.05) is 17.7 Å². The van der Waals surface area contributed by atoms with E-state index in [2.05, 4.69) is 5.10 Å². The van der Waals surface area contributed by atoms with Crippen LogP contribution in [0.5, 0.6) is 0 Å². The number of hydrogen-bond donors (Lipinski definition) is 0. The van der Waals surface area contributed by atoms with Crippen molar-refractivity contribution in [3.63, 3.8) is 0 Å². The number of nitrogens with zero attached hydrogens (tertiary/aromatic N) is 2. The fourth-order valence-corrected chi connectivity index (χ4v) is 2.00. The zero-order valence-electron chi connectivity index (χ0n) is 8.95. The number of benzene rings is 1. The fraction of sp³-hybridized carbons (Fsp3) is 0.417. The van der Waals surface area contributed by atoms with Crippen molar-refractivity contribution in [2.45, 2.75) is 25.8 Å². The van der Waals surface area contributed by atoms with Gasteiger partial charge in [-0.1, -0.05) is 12.1 Å². The number of fused-ring (bicyclic) bond motifs is 1. The third-order valence-electron chi connectivity index (χ3n) is 3.15. The molecule has 1 aromatic carbocycles. The van der Waals surface area contributed by atoms with Crippen molar-refractivity contribution in [1.29, 1.82) is 0 Å². The van der Waals surface area contributed by atoms with E-state index in [1.807, 2.05) is 25.1 Å². The second-order valence-corrected chi connectivity index (χ2v) is 4.55. The van der Waals surface area contributed by atoms with Gasteiger partial charge in [0.15, 0.2) is 0 Å². The van der Waals surface area contributed by atoms with Gasteiger partial charge in [0.05, 0.1) is 18.3 Å². The highest BCUT2D eigenvalue weighted by Gasteiger charge is 2.56. The van der Waals surface area contributed by atoms with Gasteiger partial charge in [-0.25, -0.2) is 8.78 Å². The van der Waals surface area contributed by atoms with Crippen LogP contribution in [0.1, 0.15) is 12.0 Å². The normalized spacial score (nSPS) is 22.6. The van der Waals surface area contributed by atoms with Crippen LogP contribution in [-0.4, -0.2) is 15.7 Å². The van der Waals surface area contributed by atoms with Gasteiger partial charge in [0.25, 0.3) is 5.92 Å². The number of hydrogen-bond acceptors (Lipinski definition) is 1. The lowest BCUT2D eigenvalue weighted by Gasteiger charge is -2.03. The molecule has 1 aliphatic carbocycles. The maximum absolute atomic E-state index is 12.8. The van der Waals surface area contributed by atoms with Crippen molar-refractivity contribution < 1.29 is 8.78 Å². The largest absolute Gasteiger partial charge is 0.264 e. The molecule has 84 valence electrons. The summed E-state index contributed by atoms with van der Waals surface area (Å²) < 4.78 is 27.3. The Morgan fingerprint density at radius 1 is 1.50 bits per heavy atom. The summed E-state index contributed by atoms with van der Waals surface area (Å²) in [7, 11) is 0. The monoisotopic (exact) mass is 222 g/mol. The van der Waals surface area contributed by atoms with Crippen molar-refractivity contribution in [3.05, 3.63) is 30.0 Å². The molecule has 1 aliphatic rings. The molecule has 1 saturated carbocycles. The number of alkyl halides is 2. The van der Waals surface area contributed by atoms with Crippen LogP contribution in [0.4, 0.5) is 8.78 Å². The van der Waals surface area contributed by atoms with E-state index in [1.54, 1.807) is 10.9 Å². The summed E-state index contributed by atoms with van der Waals surface area (Å²) in [6, 6.07) is 5.96. The lowest BCUT2D eigenvalue weighted by molar-refractivity contribution is 0.0945. The summed E-state index contributed by atoms with van der Waals surface area (Å²) in [6.07, 6.45) is 1.73. The summed E-state index contributed by atoms with van der Waals surface area (Å²) in [4.78, 5) is 0. The summed E-state index contributed by atoms with van der Waals surface area (Å²) in [5, 5.41) is 5.17. The first-order chi connectivity index (χ1) is 7.56. The Bertz CT molecular complexity index is 545. The van der Waals surface area contributed by atoms with Gasteiger partial charge >= 0.3 is 0 Å². The highest BCUT2D eigenvalue weighted by atomic mass is 19.3. The zero-order chi connectivity index (χ0) is 11.3. The third-order valence-corrected chi connectivity index (χ3v) is 3.15. The molecule has 0 radical (unpaired) electrons. The molecule has 1 heterocycles. The van der Waals surface area contributed by atoms with E-state index in [-0.39, 0.29) is 6.42 Å². The maximum atomic E-state index is 12.8. The average Bonchev–Trinajstić information content (AvgIpc) is 2.65. The number of aryl methyl sites for hydroxylation is 1. The standard InChI is InChI=1S/C12H12F2N2/c1-8-2-3-9-6-15-16(11(9)4-8)7-10-5-12(10,13)14/h2-4,6,10H,5,7H2,1H3. The van der Waals surface area contributed by atoms with E-state index < -0.39 is 11.8 Å². The van der Waals surface area contributed by atoms with Gasteiger partial charge in [-0.2, -0.15) is 5.10 Å². The summed E-state index contributed by atoms with van der Waals surface area (Å²) in [5.41, 5.74) is 2.07. The Morgan fingerprint density at radius 2 is 2.25 bits per heavy atom. The molecule has 0 amide bonds. The van der Waals surface area contributed by atoms with Crippen LogP contribution in [-0.2, 0) is 6.54 Å². The summed E-state index contributed by atoms with van der Waals surface area (Å²) in [6.45, 7) is 2.31. The van der Waals surface area contributed by atoms with E-state index in [9.17, 15) is 8.78 Å². The second-order valence-electron chi connectivity index (χ2n) is 4.55. The topological polar surface area (TPSA) is 17.8 Å². The number of halogens is 2. The van der Waals surface area contributed by atoms with Crippen LogP contribution < -0.4 is 0 Å². The van der Waals surface area contributed by atoms with Crippen LogP contribution in [0.15, 0.2) is 24.4 Å². The van der Waals surface area contributed by atoms with Crippen molar-refractivity contribution in [2.24, 2.45) is 5.92 Å². The predicted octanol–water partition coefficient (Wildman–Crippen LogP) is 3.00. The Labute approximate surface area is 91.9 Å². The molecule has 1 aromatic heterocycles. The highest BCUT2D eigenvalue weighted by Crippen LogP contribution is 2.49. The number of rotatable bonds is 2. The molecule has 0 bridgehead atoms. The van der Waals surface area contributed by atoms with Crippen LogP contribution >= 0.6 is 0 Å². The van der Waals surface area contributed by atoms with Crippen molar-refractivity contribution in [3.8, 4) is 0 Å². The summed E-state index contributed by atoms with van der Waals surface area (Å²) in [5.74, 6) is -3.00. The first-order valence-electron chi connectivity index (χ1n) is 5.36. The molecule has 4 heteroatoms. The Morgan fingerprint density at radius 3 is 2.94 bits per heavy atom. The molecule has 0 N–H and O–H groups in total. The van der Waals surface area contributed by atoms with E-state index in [0.717, 1.165) is 16.5 Å². The predicted molar refractivity (Wildman–Crippen MR) is 57.5 cm³/mol. The van der Waals surface area contributed by atoms with Crippen LogP contribution in [0.25, 0.3) is 10.9 Å². The molecule has 2 nitrogen and oxygen atoms in total. The van der Waals surface area contributed by atoms with E-state index in [1.165, 1.54) is 0 Å². The third kappa shape index (κ3) is 1.49. The number of aromatic nitrogens is 2. The van der Waals surface area contributed by atoms with Crippen LogP contribution in [0.3, 0.4) is 0 Å². The quantitative estimate of drug-likeness (QED) is 0.763. The molecule has 1 atom stereocenters. The zero-order valence-corrected chi connectivity index (χ0v) is 8.95. The maximum Gasteiger partial charge on any atom is 0.253 e. The Hall–Kier alpha value is -1.45. The smallest absolute Gasteiger partial charge is 0.253 e. The minimum atomic E-state index is -2.47. The Balaban J connectivity index is 1.95. The molecular weight excluding hydrogens is 210 g/mol. The first kappa shape index (κ1) is 9.75. The van der Waals surface area contributed by atoms with E-state index >= 15 is 0 Å². The first-order valence-corrected chi connectivity index (χ1v) is 5.36. The van der Waals surface area contributed by atoms with Gasteiger partial charge in [-0.05, 0) is 18.6 Å². The lowest BCUT2D eigenvalue weighted by Crippen LogP contribution is -2.06. The van der Waals surface area contributed by atoms with Crippen LogP contribution in [0, 0.1) is 12.8 Å². The lowest BCUT2D eigenvalue weighted by atomic mass is 10.2. The molecule has 1 unspecified atom stereocenters. The average molecular weight is 222 g/mol. The Kier molecular flexibility index (Phi) is 1.85. The van der Waals surface area contributed by atoms with Gasteiger partial charge in [0.2, 0.25) is 0 Å². The fourth-order valence-electron chi connectivity index (χ4n) is 2.00. The molecule has 2 aromatic rings. The summed E-state index contributed by atoms with van der Waals surface area (Å²) >= 11 is 0. The van der Waals surface area contributed by atoms with E-state index in [4.69, 9.17) is 0 Å². The van der Waals surface area contributed by atoms with Crippen LogP contribution in [0.2, 0.25) is 0 Å². The highest BCUT2D eigenvalue weighted by molar-refractivity contribution is 5.79. The molecule has 3 rings (SSSR count). The van der Waals surface area contributed by atoms with Crippen molar-refractivity contribution >= 4 is 10.9 Å². The van der Waals surface area contributed by atoms with Gasteiger partial charge < -0.3 is 0 Å². The SMILES string of the molecule is Cc1ccc2cnn(CC3CC3(F)F)c2c1. The van der Waals surface area contributed by atoms with Crippen molar-refractivity contribution in [1.82, 2.24) is 9.78 Å². The second kappa shape index (κ2) is 3.03. The van der Waals surface area contributed by atoms with Gasteiger partial charge in [0.1, 0.15) is 0 Å². The van der Waals surface area contributed by atoms with Crippen molar-refractivity contribution in [2.75, 3.05) is 0 Å². The minimum Gasteiger partial charge on any atom is -0.264 e. The molecule has 0 aliphatic heterocycles. The molecule has 0 saturated heterocycles. The van der Waals surface area contributed by atoms with E-state index in [0.29, 0.717) is 6.54 Å². The molecule has 16 heavy (non-hydrogen) atoms.